The minimum atomic E-state index is -4.34. The topological polar surface area (TPSA) is 46.2 Å². The van der Waals surface area contributed by atoms with Crippen LogP contribution in [0.15, 0.2) is 18.2 Å². The maximum Gasteiger partial charge on any atom is 0.416 e. The van der Waals surface area contributed by atoms with Gasteiger partial charge in [0.1, 0.15) is 0 Å². The lowest BCUT2D eigenvalue weighted by Crippen LogP contribution is -2.16. The fourth-order valence-electron chi connectivity index (χ4n) is 1.37. The molecule has 0 amide bonds. The molecule has 0 radical (unpaired) electrons. The van der Waals surface area contributed by atoms with E-state index in [0.29, 0.717) is 11.1 Å². The van der Waals surface area contributed by atoms with Crippen molar-refractivity contribution in [3.8, 4) is 0 Å². The molecule has 0 bridgehead atoms. The number of halogens is 3. The van der Waals surface area contributed by atoms with Crippen molar-refractivity contribution >= 4 is 0 Å². The lowest BCUT2D eigenvalue weighted by atomic mass is 10.00. The number of aliphatic hydroxyl groups is 1. The van der Waals surface area contributed by atoms with Gasteiger partial charge in [0.15, 0.2) is 0 Å². The molecular weight excluding hydrogens is 207 g/mol. The molecule has 2 nitrogen and oxygen atoms in total. The number of rotatable bonds is 2. The van der Waals surface area contributed by atoms with Crippen LogP contribution < -0.4 is 5.73 Å². The zero-order chi connectivity index (χ0) is 11.6. The van der Waals surface area contributed by atoms with Crippen molar-refractivity contribution in [1.82, 2.24) is 0 Å². The quantitative estimate of drug-likeness (QED) is 0.799. The van der Waals surface area contributed by atoms with Crippen LogP contribution >= 0.6 is 0 Å². The molecule has 15 heavy (non-hydrogen) atoms. The molecule has 1 aromatic carbocycles. The summed E-state index contributed by atoms with van der Waals surface area (Å²) >= 11 is 0. The number of hydrogen-bond acceptors (Lipinski definition) is 2. The van der Waals surface area contributed by atoms with Gasteiger partial charge in [0, 0.05) is 0 Å². The maximum atomic E-state index is 12.3. The van der Waals surface area contributed by atoms with Gasteiger partial charge < -0.3 is 10.8 Å². The summed E-state index contributed by atoms with van der Waals surface area (Å²) in [6, 6.07) is 2.68. The van der Waals surface area contributed by atoms with Gasteiger partial charge in [-0.25, -0.2) is 0 Å². The average Bonchev–Trinajstić information content (AvgIpc) is 2.15. The third-order valence-corrected chi connectivity index (χ3v) is 2.19. The highest BCUT2D eigenvalue weighted by atomic mass is 19.4. The molecule has 84 valence electrons. The molecule has 0 heterocycles. The number of benzene rings is 1. The zero-order valence-electron chi connectivity index (χ0n) is 8.17. The van der Waals surface area contributed by atoms with Crippen molar-refractivity contribution in [2.45, 2.75) is 19.1 Å². The Morgan fingerprint density at radius 2 is 2.00 bits per heavy atom. The lowest BCUT2D eigenvalue weighted by molar-refractivity contribution is -0.137. The highest BCUT2D eigenvalue weighted by Crippen LogP contribution is 2.31. The smallest absolute Gasteiger partial charge is 0.394 e. The molecule has 0 aromatic heterocycles. The highest BCUT2D eigenvalue weighted by molar-refractivity contribution is 5.34. The van der Waals surface area contributed by atoms with Crippen LogP contribution in [0.25, 0.3) is 0 Å². The van der Waals surface area contributed by atoms with E-state index in [1.807, 2.05) is 0 Å². The second kappa shape index (κ2) is 4.20. The van der Waals surface area contributed by atoms with Crippen molar-refractivity contribution in [3.63, 3.8) is 0 Å². The Morgan fingerprint density at radius 3 is 2.40 bits per heavy atom. The normalized spacial score (nSPS) is 14.0. The predicted molar refractivity (Wildman–Crippen MR) is 50.2 cm³/mol. The maximum absolute atomic E-state index is 12.3. The van der Waals surface area contributed by atoms with Crippen molar-refractivity contribution in [1.29, 1.82) is 0 Å². The third kappa shape index (κ3) is 2.70. The Morgan fingerprint density at radius 1 is 1.40 bits per heavy atom. The summed E-state index contributed by atoms with van der Waals surface area (Å²) in [4.78, 5) is 0. The fraction of sp³-hybridized carbons (Fsp3) is 0.400. The third-order valence-electron chi connectivity index (χ3n) is 2.19. The van der Waals surface area contributed by atoms with Crippen LogP contribution in [0.2, 0.25) is 0 Å². The first-order valence-electron chi connectivity index (χ1n) is 4.40. The van der Waals surface area contributed by atoms with Gasteiger partial charge in [-0.05, 0) is 30.2 Å². The fourth-order valence-corrected chi connectivity index (χ4v) is 1.37. The molecule has 1 atom stereocenters. The largest absolute Gasteiger partial charge is 0.416 e. The molecule has 0 unspecified atom stereocenters. The molecule has 1 aromatic rings. The Hall–Kier alpha value is -1.07. The van der Waals surface area contributed by atoms with Crippen LogP contribution in [-0.2, 0) is 6.18 Å². The molecule has 0 saturated carbocycles. The molecule has 0 saturated heterocycles. The van der Waals surface area contributed by atoms with Gasteiger partial charge in [0.05, 0.1) is 18.2 Å². The van der Waals surface area contributed by atoms with Gasteiger partial charge in [-0.3, -0.25) is 0 Å². The van der Waals surface area contributed by atoms with Gasteiger partial charge in [0.2, 0.25) is 0 Å². The molecule has 5 heteroatoms. The van der Waals surface area contributed by atoms with E-state index < -0.39 is 17.8 Å². The second-order valence-corrected chi connectivity index (χ2v) is 3.36. The Bertz CT molecular complexity index is 349. The predicted octanol–water partition coefficient (Wildman–Crippen LogP) is 2.01. The minimum absolute atomic E-state index is 0.286. The summed E-state index contributed by atoms with van der Waals surface area (Å²) in [7, 11) is 0. The van der Waals surface area contributed by atoms with E-state index >= 15 is 0 Å². The first-order chi connectivity index (χ1) is 6.86. The van der Waals surface area contributed by atoms with Crippen molar-refractivity contribution in [2.75, 3.05) is 6.61 Å². The van der Waals surface area contributed by atoms with Crippen LogP contribution in [-0.4, -0.2) is 11.7 Å². The summed E-state index contributed by atoms with van der Waals surface area (Å²) in [5, 5.41) is 8.79. The van der Waals surface area contributed by atoms with Crippen molar-refractivity contribution in [2.24, 2.45) is 5.73 Å². The van der Waals surface area contributed by atoms with E-state index in [9.17, 15) is 13.2 Å². The number of alkyl halides is 3. The lowest BCUT2D eigenvalue weighted by Gasteiger charge is -2.14. The molecule has 0 aliphatic rings. The molecule has 0 aliphatic carbocycles. The Balaban J connectivity index is 3.09. The average molecular weight is 219 g/mol. The molecule has 3 N–H and O–H groups in total. The van der Waals surface area contributed by atoms with Gasteiger partial charge >= 0.3 is 6.18 Å². The first-order valence-corrected chi connectivity index (χ1v) is 4.40. The van der Waals surface area contributed by atoms with E-state index in [0.717, 1.165) is 12.1 Å². The SMILES string of the molecule is Cc1cc(C(F)(F)F)ccc1[C@@H](N)CO. The molecule has 0 fully saturated rings. The van der Waals surface area contributed by atoms with Gasteiger partial charge in [0.25, 0.3) is 0 Å². The standard InChI is InChI=1S/C10H12F3NO/c1-6-4-7(10(11,12)13)2-3-8(6)9(14)5-15/h2-4,9,15H,5,14H2,1H3/t9-/m0/s1. The monoisotopic (exact) mass is 219 g/mol. The minimum Gasteiger partial charge on any atom is -0.394 e. The highest BCUT2D eigenvalue weighted by Gasteiger charge is 2.30. The van der Waals surface area contributed by atoms with Crippen molar-refractivity contribution < 1.29 is 18.3 Å². The van der Waals surface area contributed by atoms with Gasteiger partial charge in [-0.15, -0.1) is 0 Å². The van der Waals surface area contributed by atoms with E-state index in [1.165, 1.54) is 6.07 Å². The zero-order valence-corrected chi connectivity index (χ0v) is 8.17. The number of aryl methyl sites for hydroxylation is 1. The van der Waals surface area contributed by atoms with Gasteiger partial charge in [-0.1, -0.05) is 6.07 Å². The van der Waals surface area contributed by atoms with Crippen LogP contribution in [0, 0.1) is 6.92 Å². The van der Waals surface area contributed by atoms with Crippen LogP contribution in [0.5, 0.6) is 0 Å². The number of hydrogen-bond donors (Lipinski definition) is 2. The Kier molecular flexibility index (Phi) is 3.36. The van der Waals surface area contributed by atoms with E-state index in [2.05, 4.69) is 0 Å². The summed E-state index contributed by atoms with van der Waals surface area (Å²) in [5.41, 5.74) is 5.79. The molecular formula is C10H12F3NO. The summed E-state index contributed by atoms with van der Waals surface area (Å²) < 4.78 is 36.9. The van der Waals surface area contributed by atoms with E-state index in [-0.39, 0.29) is 6.61 Å². The van der Waals surface area contributed by atoms with E-state index in [1.54, 1.807) is 6.92 Å². The molecule has 1 rings (SSSR count). The first kappa shape index (κ1) is 12.0. The Labute approximate surface area is 85.5 Å². The molecule has 0 spiro atoms. The van der Waals surface area contributed by atoms with E-state index in [4.69, 9.17) is 10.8 Å². The van der Waals surface area contributed by atoms with Crippen LogP contribution in [0.4, 0.5) is 13.2 Å². The number of nitrogens with two attached hydrogens (primary N) is 1. The number of aliphatic hydroxyl groups excluding tert-OH is 1. The second-order valence-electron chi connectivity index (χ2n) is 3.36. The van der Waals surface area contributed by atoms with Crippen molar-refractivity contribution in [3.05, 3.63) is 34.9 Å². The molecule has 0 aliphatic heterocycles. The summed E-state index contributed by atoms with van der Waals surface area (Å²) in [5.74, 6) is 0. The summed E-state index contributed by atoms with van der Waals surface area (Å²) in [6.45, 7) is 1.26. The van der Waals surface area contributed by atoms with Crippen LogP contribution in [0.1, 0.15) is 22.7 Å². The van der Waals surface area contributed by atoms with Crippen LogP contribution in [0.3, 0.4) is 0 Å². The van der Waals surface area contributed by atoms with Gasteiger partial charge in [-0.2, -0.15) is 13.2 Å². The summed E-state index contributed by atoms with van der Waals surface area (Å²) in [6.07, 6.45) is -4.34.